The molecule has 0 saturated heterocycles. The first-order chi connectivity index (χ1) is 16.0. The zero-order valence-electron chi connectivity index (χ0n) is 18.7. The molecule has 1 amide bonds. The van der Waals surface area contributed by atoms with Crippen LogP contribution in [0.2, 0.25) is 0 Å². The number of likely N-dealkylation sites (N-methyl/N-ethyl adjacent to an activating group) is 1. The molecule has 33 heavy (non-hydrogen) atoms. The highest BCUT2D eigenvalue weighted by Gasteiger charge is 2.16. The fourth-order valence-electron chi connectivity index (χ4n) is 4.04. The summed E-state index contributed by atoms with van der Waals surface area (Å²) >= 11 is 0. The van der Waals surface area contributed by atoms with Crippen molar-refractivity contribution >= 4 is 5.91 Å². The van der Waals surface area contributed by atoms with Gasteiger partial charge < -0.3 is 15.7 Å². The smallest absolute Gasteiger partial charge is 0.249 e. The number of phenols is 1. The number of amides is 1. The molecule has 0 aliphatic rings. The lowest BCUT2D eigenvalue weighted by Crippen LogP contribution is -2.21. The topological polar surface area (TPSA) is 66.6 Å². The Labute approximate surface area is 194 Å². The Kier molecular flexibility index (Phi) is 6.86. The second-order valence-electron chi connectivity index (χ2n) is 8.32. The lowest BCUT2D eigenvalue weighted by Gasteiger charge is -2.18. The molecule has 4 aromatic rings. The first-order valence-electron chi connectivity index (χ1n) is 11.1. The zero-order chi connectivity index (χ0) is 23.2. The predicted molar refractivity (Wildman–Crippen MR) is 134 cm³/mol. The number of hydrogen-bond acceptors (Lipinski definition) is 3. The summed E-state index contributed by atoms with van der Waals surface area (Å²) in [5, 5.41) is 10.7. The fraction of sp³-hybridized carbons (Fsp3) is 0.138. The van der Waals surface area contributed by atoms with Crippen LogP contribution in [-0.4, -0.2) is 29.5 Å². The highest BCUT2D eigenvalue weighted by atomic mass is 16.3. The Balaban J connectivity index is 1.63. The van der Waals surface area contributed by atoms with Crippen LogP contribution in [0.3, 0.4) is 0 Å². The molecule has 0 spiro atoms. The Bertz CT molecular complexity index is 1240. The van der Waals surface area contributed by atoms with Crippen molar-refractivity contribution in [3.63, 3.8) is 0 Å². The van der Waals surface area contributed by atoms with E-state index in [1.807, 2.05) is 60.7 Å². The lowest BCUT2D eigenvalue weighted by molar-refractivity contribution is 0.100. The number of rotatable bonds is 8. The first kappa shape index (κ1) is 22.3. The number of hydrogen-bond donors (Lipinski definition) is 2. The SMILES string of the molecule is CN(CCc1ccccc1)Cc1ccc(C(N)=O)c(-c2cc(-c3ccccc3)ccc2O)c1. The molecule has 0 saturated carbocycles. The number of primary amides is 1. The van der Waals surface area contributed by atoms with Crippen molar-refractivity contribution in [1.29, 1.82) is 0 Å². The maximum Gasteiger partial charge on any atom is 0.249 e. The van der Waals surface area contributed by atoms with E-state index in [0.29, 0.717) is 16.7 Å². The molecule has 0 fully saturated rings. The predicted octanol–water partition coefficient (Wildman–Crippen LogP) is 5.50. The maximum atomic E-state index is 12.2. The summed E-state index contributed by atoms with van der Waals surface area (Å²) < 4.78 is 0. The minimum atomic E-state index is -0.515. The van der Waals surface area contributed by atoms with Crippen molar-refractivity contribution < 1.29 is 9.90 Å². The van der Waals surface area contributed by atoms with E-state index >= 15 is 0 Å². The molecule has 4 heteroatoms. The van der Waals surface area contributed by atoms with Crippen LogP contribution in [0.15, 0.2) is 97.1 Å². The molecule has 0 heterocycles. The van der Waals surface area contributed by atoms with Crippen molar-refractivity contribution in [2.75, 3.05) is 13.6 Å². The van der Waals surface area contributed by atoms with Crippen LogP contribution in [-0.2, 0) is 13.0 Å². The van der Waals surface area contributed by atoms with E-state index in [2.05, 4.69) is 36.2 Å². The van der Waals surface area contributed by atoms with E-state index in [1.54, 1.807) is 12.1 Å². The van der Waals surface area contributed by atoms with Crippen LogP contribution in [0, 0.1) is 0 Å². The third-order valence-corrected chi connectivity index (χ3v) is 5.82. The van der Waals surface area contributed by atoms with Crippen LogP contribution in [0.1, 0.15) is 21.5 Å². The maximum absolute atomic E-state index is 12.2. The van der Waals surface area contributed by atoms with E-state index in [0.717, 1.165) is 36.2 Å². The average Bonchev–Trinajstić information content (AvgIpc) is 2.84. The van der Waals surface area contributed by atoms with Crippen LogP contribution in [0.5, 0.6) is 5.75 Å². The Morgan fingerprint density at radius 1 is 0.788 bits per heavy atom. The third-order valence-electron chi connectivity index (χ3n) is 5.82. The minimum Gasteiger partial charge on any atom is -0.507 e. The molecule has 0 aromatic heterocycles. The van der Waals surface area contributed by atoms with Gasteiger partial charge in [-0.2, -0.15) is 0 Å². The summed E-state index contributed by atoms with van der Waals surface area (Å²) in [7, 11) is 2.08. The quantitative estimate of drug-likeness (QED) is 0.383. The monoisotopic (exact) mass is 436 g/mol. The van der Waals surface area contributed by atoms with Gasteiger partial charge in [0.05, 0.1) is 0 Å². The highest BCUT2D eigenvalue weighted by molar-refractivity contribution is 6.01. The van der Waals surface area contributed by atoms with Crippen LogP contribution in [0.25, 0.3) is 22.3 Å². The molecule has 0 aliphatic heterocycles. The van der Waals surface area contributed by atoms with Gasteiger partial charge in [0.25, 0.3) is 0 Å². The van der Waals surface area contributed by atoms with Crippen molar-refractivity contribution in [2.24, 2.45) is 5.73 Å². The van der Waals surface area contributed by atoms with Gasteiger partial charge in [0.15, 0.2) is 0 Å². The second-order valence-corrected chi connectivity index (χ2v) is 8.32. The van der Waals surface area contributed by atoms with Crippen molar-refractivity contribution in [3.05, 3.63) is 114 Å². The molecular weight excluding hydrogens is 408 g/mol. The molecule has 0 unspecified atom stereocenters. The molecule has 4 rings (SSSR count). The fourth-order valence-corrected chi connectivity index (χ4v) is 4.04. The van der Waals surface area contributed by atoms with Gasteiger partial charge in [-0.05, 0) is 65.6 Å². The Morgan fingerprint density at radius 2 is 1.48 bits per heavy atom. The Morgan fingerprint density at radius 3 is 2.18 bits per heavy atom. The zero-order valence-corrected chi connectivity index (χ0v) is 18.7. The lowest BCUT2D eigenvalue weighted by atomic mass is 9.93. The van der Waals surface area contributed by atoms with Crippen molar-refractivity contribution in [3.8, 4) is 28.0 Å². The molecule has 3 N–H and O–H groups in total. The van der Waals surface area contributed by atoms with Gasteiger partial charge in [0, 0.05) is 24.2 Å². The summed E-state index contributed by atoms with van der Waals surface area (Å²) in [6.07, 6.45) is 0.962. The van der Waals surface area contributed by atoms with E-state index in [1.165, 1.54) is 5.56 Å². The van der Waals surface area contributed by atoms with Gasteiger partial charge >= 0.3 is 0 Å². The first-order valence-corrected chi connectivity index (χ1v) is 11.1. The molecule has 0 bridgehead atoms. The summed E-state index contributed by atoms with van der Waals surface area (Å²) in [5.74, 6) is -0.398. The molecule has 0 aliphatic carbocycles. The normalized spacial score (nSPS) is 11.0. The van der Waals surface area contributed by atoms with Gasteiger partial charge in [-0.25, -0.2) is 0 Å². The molecule has 0 radical (unpaired) electrons. The number of benzene rings is 4. The van der Waals surface area contributed by atoms with Crippen molar-refractivity contribution in [1.82, 2.24) is 4.90 Å². The Hall–Kier alpha value is -3.89. The van der Waals surface area contributed by atoms with Crippen molar-refractivity contribution in [2.45, 2.75) is 13.0 Å². The third kappa shape index (κ3) is 5.48. The summed E-state index contributed by atoms with van der Waals surface area (Å²) in [4.78, 5) is 14.4. The van der Waals surface area contributed by atoms with E-state index in [-0.39, 0.29) is 5.75 Å². The van der Waals surface area contributed by atoms with Crippen LogP contribution in [0.4, 0.5) is 0 Å². The number of phenolic OH excluding ortho intramolecular Hbond substituents is 1. The second kappa shape index (κ2) is 10.2. The minimum absolute atomic E-state index is 0.117. The molecule has 0 atom stereocenters. The van der Waals surface area contributed by atoms with E-state index < -0.39 is 5.91 Å². The van der Waals surface area contributed by atoms with Crippen LogP contribution >= 0.6 is 0 Å². The molecule has 4 aromatic carbocycles. The van der Waals surface area contributed by atoms with Gasteiger partial charge in [0.1, 0.15) is 5.75 Å². The summed E-state index contributed by atoms with van der Waals surface area (Å²) in [6, 6.07) is 31.5. The number of aromatic hydroxyl groups is 1. The largest absolute Gasteiger partial charge is 0.507 e. The number of nitrogens with zero attached hydrogens (tertiary/aromatic N) is 1. The van der Waals surface area contributed by atoms with Gasteiger partial charge in [-0.15, -0.1) is 0 Å². The molecule has 166 valence electrons. The number of nitrogens with two attached hydrogens (primary N) is 1. The average molecular weight is 437 g/mol. The summed E-state index contributed by atoms with van der Waals surface area (Å²) in [5.41, 5.74) is 11.7. The number of carbonyl (C=O) groups is 1. The standard InChI is InChI=1S/C29H28N2O2/c1-31(17-16-21-8-4-2-5-9-21)20-22-12-14-25(29(30)33)26(18-22)27-19-24(13-15-28(27)32)23-10-6-3-7-11-23/h2-15,18-19,32H,16-17,20H2,1H3,(H2,30,33). The number of carbonyl (C=O) groups excluding carboxylic acids is 1. The highest BCUT2D eigenvalue weighted by Crippen LogP contribution is 2.36. The molecule has 4 nitrogen and oxygen atoms in total. The summed E-state index contributed by atoms with van der Waals surface area (Å²) in [6.45, 7) is 1.63. The van der Waals surface area contributed by atoms with Gasteiger partial charge in [-0.1, -0.05) is 72.8 Å². The van der Waals surface area contributed by atoms with Gasteiger partial charge in [-0.3, -0.25) is 4.79 Å². The van der Waals surface area contributed by atoms with Gasteiger partial charge in [0.2, 0.25) is 5.91 Å². The van der Waals surface area contributed by atoms with E-state index in [9.17, 15) is 9.90 Å². The molecular formula is C29H28N2O2. The van der Waals surface area contributed by atoms with E-state index in [4.69, 9.17) is 5.73 Å². The van der Waals surface area contributed by atoms with Crippen LogP contribution < -0.4 is 5.73 Å².